The topological polar surface area (TPSA) is 24.9 Å². The molecule has 0 saturated heterocycles. The molecule has 0 fully saturated rings. The van der Waals surface area contributed by atoms with Crippen molar-refractivity contribution in [2.45, 2.75) is 25.8 Å². The molecule has 1 N–H and O–H groups in total. The molecule has 2 nitrogen and oxygen atoms in total. The monoisotopic (exact) mass is 240 g/mol. The molecule has 0 aliphatic carbocycles. The minimum atomic E-state index is 0.408. The van der Waals surface area contributed by atoms with Gasteiger partial charge in [0.1, 0.15) is 0 Å². The van der Waals surface area contributed by atoms with Gasteiger partial charge >= 0.3 is 0 Å². The summed E-state index contributed by atoms with van der Waals surface area (Å²) in [5.74, 6) is 0. The van der Waals surface area contributed by atoms with E-state index in [-0.39, 0.29) is 0 Å². The molecule has 18 heavy (non-hydrogen) atoms. The van der Waals surface area contributed by atoms with Crippen LogP contribution < -0.4 is 5.32 Å². The summed E-state index contributed by atoms with van der Waals surface area (Å²) < 4.78 is 0. The predicted octanol–water partition coefficient (Wildman–Crippen LogP) is 3.28. The minimum Gasteiger partial charge on any atom is -0.313 e. The van der Waals surface area contributed by atoms with Crippen molar-refractivity contribution < 1.29 is 0 Å². The second-order valence-corrected chi connectivity index (χ2v) is 4.65. The number of nitrogens with zero attached hydrogens (tertiary/aromatic N) is 1. The van der Waals surface area contributed by atoms with E-state index in [2.05, 4.69) is 47.6 Å². The van der Waals surface area contributed by atoms with Crippen LogP contribution in [0.1, 0.15) is 29.2 Å². The first-order valence-corrected chi connectivity index (χ1v) is 6.42. The van der Waals surface area contributed by atoms with Crippen molar-refractivity contribution in [1.82, 2.24) is 10.3 Å². The summed E-state index contributed by atoms with van der Waals surface area (Å²) in [5.41, 5.74) is 3.96. The lowest BCUT2D eigenvalue weighted by Crippen LogP contribution is -2.17. The molecule has 0 spiro atoms. The van der Waals surface area contributed by atoms with Crippen LogP contribution in [-0.2, 0) is 6.42 Å². The lowest BCUT2D eigenvalue weighted by molar-refractivity contribution is 0.549. The fourth-order valence-electron chi connectivity index (χ4n) is 2.13. The van der Waals surface area contributed by atoms with Crippen LogP contribution in [0.3, 0.4) is 0 Å². The molecule has 2 rings (SSSR count). The molecule has 0 amide bonds. The van der Waals surface area contributed by atoms with Gasteiger partial charge in [-0.15, -0.1) is 0 Å². The standard InChI is InChI=1S/C16H20N2/c1-13-5-8-15(9-6-13)16(17-2)10-7-14-4-3-11-18-12-14/h3-6,8-9,11-12,16-17H,7,10H2,1-2H3. The molecule has 0 radical (unpaired) electrons. The van der Waals surface area contributed by atoms with Gasteiger partial charge in [-0.25, -0.2) is 0 Å². The maximum absolute atomic E-state index is 4.15. The molecule has 94 valence electrons. The first kappa shape index (κ1) is 12.8. The van der Waals surface area contributed by atoms with Crippen molar-refractivity contribution in [2.75, 3.05) is 7.05 Å². The summed E-state index contributed by atoms with van der Waals surface area (Å²) in [4.78, 5) is 4.15. The predicted molar refractivity (Wildman–Crippen MR) is 75.5 cm³/mol. The molecule has 1 aromatic heterocycles. The summed E-state index contributed by atoms with van der Waals surface area (Å²) in [7, 11) is 2.02. The Morgan fingerprint density at radius 1 is 1.17 bits per heavy atom. The third kappa shape index (κ3) is 3.41. The van der Waals surface area contributed by atoms with Crippen molar-refractivity contribution in [3.63, 3.8) is 0 Å². The number of hydrogen-bond donors (Lipinski definition) is 1. The lowest BCUT2D eigenvalue weighted by atomic mass is 9.99. The highest BCUT2D eigenvalue weighted by atomic mass is 14.9. The summed E-state index contributed by atoms with van der Waals surface area (Å²) in [5, 5.41) is 3.39. The second-order valence-electron chi connectivity index (χ2n) is 4.65. The quantitative estimate of drug-likeness (QED) is 0.867. The Bertz CT molecular complexity index is 462. The molecular formula is C16H20N2. The molecule has 0 bridgehead atoms. The Morgan fingerprint density at radius 2 is 1.94 bits per heavy atom. The Labute approximate surface area is 109 Å². The van der Waals surface area contributed by atoms with Gasteiger partial charge in [-0.3, -0.25) is 4.98 Å². The van der Waals surface area contributed by atoms with E-state index in [1.54, 1.807) is 0 Å². The second kappa shape index (κ2) is 6.31. The van der Waals surface area contributed by atoms with Gasteiger partial charge in [0, 0.05) is 18.4 Å². The molecule has 0 aliphatic rings. The van der Waals surface area contributed by atoms with Crippen LogP contribution in [0, 0.1) is 6.92 Å². The van der Waals surface area contributed by atoms with Gasteiger partial charge in [-0.2, -0.15) is 0 Å². The van der Waals surface area contributed by atoms with Gasteiger partial charge in [-0.1, -0.05) is 35.9 Å². The van der Waals surface area contributed by atoms with Crippen LogP contribution in [0.5, 0.6) is 0 Å². The number of benzene rings is 1. The number of rotatable bonds is 5. The molecule has 1 atom stereocenters. The smallest absolute Gasteiger partial charge is 0.0320 e. The maximum Gasteiger partial charge on any atom is 0.0320 e. The zero-order valence-electron chi connectivity index (χ0n) is 11.1. The van der Waals surface area contributed by atoms with Gasteiger partial charge in [-0.05, 0) is 44.0 Å². The maximum atomic E-state index is 4.15. The third-order valence-corrected chi connectivity index (χ3v) is 3.27. The number of aryl methyl sites for hydroxylation is 2. The highest BCUT2D eigenvalue weighted by Crippen LogP contribution is 2.19. The molecular weight excluding hydrogens is 220 g/mol. The van der Waals surface area contributed by atoms with Crippen LogP contribution in [0.2, 0.25) is 0 Å². The van der Waals surface area contributed by atoms with Gasteiger partial charge < -0.3 is 5.32 Å². The summed E-state index contributed by atoms with van der Waals surface area (Å²) >= 11 is 0. The van der Waals surface area contributed by atoms with Crippen LogP contribution in [0.15, 0.2) is 48.8 Å². The fourth-order valence-corrected chi connectivity index (χ4v) is 2.13. The van der Waals surface area contributed by atoms with E-state index in [1.807, 2.05) is 25.5 Å². The van der Waals surface area contributed by atoms with E-state index in [0.29, 0.717) is 6.04 Å². The average Bonchev–Trinajstić information content (AvgIpc) is 2.42. The number of aromatic nitrogens is 1. The van der Waals surface area contributed by atoms with Crippen LogP contribution in [-0.4, -0.2) is 12.0 Å². The summed E-state index contributed by atoms with van der Waals surface area (Å²) in [6.45, 7) is 2.12. The van der Waals surface area contributed by atoms with E-state index in [0.717, 1.165) is 12.8 Å². The average molecular weight is 240 g/mol. The summed E-state index contributed by atoms with van der Waals surface area (Å²) in [6.07, 6.45) is 5.90. The fraction of sp³-hybridized carbons (Fsp3) is 0.312. The van der Waals surface area contributed by atoms with Crippen LogP contribution in [0.4, 0.5) is 0 Å². The van der Waals surface area contributed by atoms with Crippen LogP contribution >= 0.6 is 0 Å². The normalized spacial score (nSPS) is 12.3. The SMILES string of the molecule is CNC(CCc1cccnc1)c1ccc(C)cc1. The highest BCUT2D eigenvalue weighted by Gasteiger charge is 2.08. The van der Waals surface area contributed by atoms with Gasteiger partial charge in [0.2, 0.25) is 0 Å². The minimum absolute atomic E-state index is 0.408. The van der Waals surface area contributed by atoms with Gasteiger partial charge in [0.15, 0.2) is 0 Å². The van der Waals surface area contributed by atoms with Crippen molar-refractivity contribution in [1.29, 1.82) is 0 Å². The van der Waals surface area contributed by atoms with E-state index in [4.69, 9.17) is 0 Å². The van der Waals surface area contributed by atoms with Gasteiger partial charge in [0.25, 0.3) is 0 Å². The first-order valence-electron chi connectivity index (χ1n) is 6.42. The molecule has 2 heteroatoms. The van der Waals surface area contributed by atoms with Crippen LogP contribution in [0.25, 0.3) is 0 Å². The van der Waals surface area contributed by atoms with E-state index in [1.165, 1.54) is 16.7 Å². The van der Waals surface area contributed by atoms with Crippen molar-refractivity contribution in [2.24, 2.45) is 0 Å². The Kier molecular flexibility index (Phi) is 4.48. The third-order valence-electron chi connectivity index (χ3n) is 3.27. The zero-order valence-corrected chi connectivity index (χ0v) is 11.1. The first-order chi connectivity index (χ1) is 8.79. The number of pyridine rings is 1. The molecule has 1 unspecified atom stereocenters. The van der Waals surface area contributed by atoms with Gasteiger partial charge in [0.05, 0.1) is 0 Å². The largest absolute Gasteiger partial charge is 0.313 e. The zero-order chi connectivity index (χ0) is 12.8. The van der Waals surface area contributed by atoms with Crippen molar-refractivity contribution >= 4 is 0 Å². The molecule has 2 aromatic rings. The Balaban J connectivity index is 1.99. The Hall–Kier alpha value is -1.67. The molecule has 1 aromatic carbocycles. The molecule has 1 heterocycles. The van der Waals surface area contributed by atoms with Crippen molar-refractivity contribution in [3.05, 3.63) is 65.5 Å². The molecule has 0 saturated carbocycles. The summed E-state index contributed by atoms with van der Waals surface area (Å²) in [6, 6.07) is 13.3. The Morgan fingerprint density at radius 3 is 2.56 bits per heavy atom. The highest BCUT2D eigenvalue weighted by molar-refractivity contribution is 5.24. The van der Waals surface area contributed by atoms with Crippen molar-refractivity contribution in [3.8, 4) is 0 Å². The number of nitrogens with one attached hydrogen (secondary N) is 1. The van der Waals surface area contributed by atoms with E-state index >= 15 is 0 Å². The number of hydrogen-bond acceptors (Lipinski definition) is 2. The molecule has 0 aliphatic heterocycles. The van der Waals surface area contributed by atoms with E-state index < -0.39 is 0 Å². The lowest BCUT2D eigenvalue weighted by Gasteiger charge is -2.16. The van der Waals surface area contributed by atoms with E-state index in [9.17, 15) is 0 Å².